The summed E-state index contributed by atoms with van der Waals surface area (Å²) in [6.45, 7) is 6.62. The molecule has 1 aliphatic heterocycles. The fourth-order valence-electron chi connectivity index (χ4n) is 4.06. The molecule has 0 aromatic heterocycles. The van der Waals surface area contributed by atoms with Crippen LogP contribution in [0.1, 0.15) is 56.8 Å². The first kappa shape index (κ1) is 14.1. The van der Waals surface area contributed by atoms with Gasteiger partial charge in [-0.2, -0.15) is 0 Å². The second-order valence-corrected chi connectivity index (χ2v) is 6.82. The minimum Gasteiger partial charge on any atom is -0.373 e. The molecule has 1 aromatic carbocycles. The molecule has 0 spiro atoms. The van der Waals surface area contributed by atoms with E-state index in [1.54, 1.807) is 0 Å². The molecule has 3 unspecified atom stereocenters. The summed E-state index contributed by atoms with van der Waals surface area (Å²) in [5.41, 5.74) is 3.36. The van der Waals surface area contributed by atoms with Crippen LogP contribution in [0, 0.1) is 5.41 Å². The van der Waals surface area contributed by atoms with Gasteiger partial charge in [0.15, 0.2) is 0 Å². The van der Waals surface area contributed by atoms with Crippen molar-refractivity contribution < 1.29 is 4.74 Å². The largest absolute Gasteiger partial charge is 0.373 e. The van der Waals surface area contributed by atoms with Crippen LogP contribution in [0.5, 0.6) is 0 Å². The predicted octanol–water partition coefficient (Wildman–Crippen LogP) is 3.86. The average Bonchev–Trinajstić information content (AvgIpc) is 2.81. The highest BCUT2D eigenvalue weighted by atomic mass is 16.5. The van der Waals surface area contributed by atoms with Gasteiger partial charge in [0, 0.05) is 6.04 Å². The minimum absolute atomic E-state index is 0.310. The molecule has 1 heterocycles. The molecule has 2 aliphatic rings. The monoisotopic (exact) mass is 273 g/mol. The zero-order valence-electron chi connectivity index (χ0n) is 12.8. The van der Waals surface area contributed by atoms with Gasteiger partial charge in [-0.3, -0.25) is 0 Å². The van der Waals surface area contributed by atoms with Crippen LogP contribution in [0.3, 0.4) is 0 Å². The summed E-state index contributed by atoms with van der Waals surface area (Å²) in [4.78, 5) is 0. The predicted molar refractivity (Wildman–Crippen MR) is 82.9 cm³/mol. The molecular weight excluding hydrogens is 246 g/mol. The topological polar surface area (TPSA) is 21.3 Å². The van der Waals surface area contributed by atoms with Crippen LogP contribution in [0.15, 0.2) is 24.3 Å². The zero-order chi connectivity index (χ0) is 14.0. The molecule has 0 bridgehead atoms. The third-order valence-electron chi connectivity index (χ3n) is 5.10. The van der Waals surface area contributed by atoms with Gasteiger partial charge in [-0.15, -0.1) is 0 Å². The van der Waals surface area contributed by atoms with Crippen molar-refractivity contribution in [1.82, 2.24) is 5.32 Å². The second kappa shape index (κ2) is 5.87. The maximum absolute atomic E-state index is 6.11. The van der Waals surface area contributed by atoms with Gasteiger partial charge in [0.05, 0.1) is 12.7 Å². The summed E-state index contributed by atoms with van der Waals surface area (Å²) in [7, 11) is 0. The standard InChI is InChI=1S/C18H27NO/c1-3-19-15-8-10-18(2,12-15)13-17-16-7-5-4-6-14(16)9-11-20-17/h4-7,15,17,19H,3,8-13H2,1-2H3. The highest BCUT2D eigenvalue weighted by molar-refractivity contribution is 5.31. The molecule has 1 fully saturated rings. The Kier molecular flexibility index (Phi) is 4.13. The van der Waals surface area contributed by atoms with E-state index in [0.717, 1.165) is 19.6 Å². The van der Waals surface area contributed by atoms with Crippen molar-refractivity contribution in [3.05, 3.63) is 35.4 Å². The van der Waals surface area contributed by atoms with Crippen molar-refractivity contribution in [2.75, 3.05) is 13.2 Å². The summed E-state index contributed by atoms with van der Waals surface area (Å²) in [5, 5.41) is 3.62. The van der Waals surface area contributed by atoms with Crippen molar-refractivity contribution in [3.63, 3.8) is 0 Å². The number of benzene rings is 1. The number of ether oxygens (including phenoxy) is 1. The van der Waals surface area contributed by atoms with Crippen LogP contribution < -0.4 is 5.32 Å². The van der Waals surface area contributed by atoms with E-state index >= 15 is 0 Å². The fraction of sp³-hybridized carbons (Fsp3) is 0.667. The van der Waals surface area contributed by atoms with E-state index in [0.29, 0.717) is 17.6 Å². The molecule has 2 heteroatoms. The van der Waals surface area contributed by atoms with Gasteiger partial charge in [-0.1, -0.05) is 38.1 Å². The molecule has 1 saturated carbocycles. The maximum atomic E-state index is 6.11. The van der Waals surface area contributed by atoms with Crippen LogP contribution in [0.2, 0.25) is 0 Å². The number of hydrogen-bond acceptors (Lipinski definition) is 2. The Morgan fingerprint density at radius 3 is 3.05 bits per heavy atom. The van der Waals surface area contributed by atoms with Gasteiger partial charge in [0.2, 0.25) is 0 Å². The first-order chi connectivity index (χ1) is 9.70. The van der Waals surface area contributed by atoms with E-state index in [1.807, 2.05) is 0 Å². The van der Waals surface area contributed by atoms with Crippen molar-refractivity contribution in [1.29, 1.82) is 0 Å². The lowest BCUT2D eigenvalue weighted by Gasteiger charge is -2.33. The van der Waals surface area contributed by atoms with Crippen LogP contribution in [0.25, 0.3) is 0 Å². The van der Waals surface area contributed by atoms with Crippen molar-refractivity contribution in [3.8, 4) is 0 Å². The van der Waals surface area contributed by atoms with Crippen LogP contribution >= 0.6 is 0 Å². The molecule has 0 saturated heterocycles. The fourth-order valence-corrected chi connectivity index (χ4v) is 4.06. The Bertz CT molecular complexity index is 458. The third kappa shape index (κ3) is 2.91. The van der Waals surface area contributed by atoms with Gasteiger partial charge >= 0.3 is 0 Å². The number of fused-ring (bicyclic) bond motifs is 1. The molecule has 2 nitrogen and oxygen atoms in total. The smallest absolute Gasteiger partial charge is 0.0832 e. The van der Waals surface area contributed by atoms with Gasteiger partial charge in [-0.05, 0) is 55.2 Å². The number of nitrogens with one attached hydrogen (secondary N) is 1. The van der Waals surface area contributed by atoms with E-state index in [4.69, 9.17) is 4.74 Å². The minimum atomic E-state index is 0.310. The normalized spacial score (nSPS) is 33.1. The first-order valence-corrected chi connectivity index (χ1v) is 8.13. The molecular formula is C18H27NO. The summed E-state index contributed by atoms with van der Waals surface area (Å²) in [5.74, 6) is 0. The van der Waals surface area contributed by atoms with E-state index in [1.165, 1.54) is 36.8 Å². The Morgan fingerprint density at radius 1 is 1.35 bits per heavy atom. The summed E-state index contributed by atoms with van der Waals surface area (Å²) >= 11 is 0. The quantitative estimate of drug-likeness (QED) is 0.899. The highest BCUT2D eigenvalue weighted by Crippen LogP contribution is 2.46. The average molecular weight is 273 g/mol. The van der Waals surface area contributed by atoms with E-state index < -0.39 is 0 Å². The Labute approximate surface area is 122 Å². The molecule has 3 rings (SSSR count). The Balaban J connectivity index is 1.70. The van der Waals surface area contributed by atoms with Crippen LogP contribution in [-0.4, -0.2) is 19.2 Å². The van der Waals surface area contributed by atoms with E-state index in [9.17, 15) is 0 Å². The zero-order valence-corrected chi connectivity index (χ0v) is 12.8. The third-order valence-corrected chi connectivity index (χ3v) is 5.10. The molecule has 20 heavy (non-hydrogen) atoms. The van der Waals surface area contributed by atoms with Crippen LogP contribution in [-0.2, 0) is 11.2 Å². The lowest BCUT2D eigenvalue weighted by molar-refractivity contribution is 0.00935. The number of rotatable bonds is 4. The lowest BCUT2D eigenvalue weighted by atomic mass is 9.79. The molecule has 3 atom stereocenters. The summed E-state index contributed by atoms with van der Waals surface area (Å²) in [6, 6.07) is 9.55. The maximum Gasteiger partial charge on any atom is 0.0832 e. The SMILES string of the molecule is CCNC1CCC(C)(CC2OCCc3ccccc32)C1. The Hall–Kier alpha value is -0.860. The van der Waals surface area contributed by atoms with E-state index in [-0.39, 0.29) is 0 Å². The molecule has 1 aliphatic carbocycles. The van der Waals surface area contributed by atoms with Crippen molar-refractivity contribution >= 4 is 0 Å². The molecule has 110 valence electrons. The molecule has 1 N–H and O–H groups in total. The second-order valence-electron chi connectivity index (χ2n) is 6.82. The summed E-state index contributed by atoms with van der Waals surface area (Å²) in [6.07, 6.45) is 6.49. The number of hydrogen-bond donors (Lipinski definition) is 1. The molecule has 0 radical (unpaired) electrons. The lowest BCUT2D eigenvalue weighted by Crippen LogP contribution is -2.28. The van der Waals surface area contributed by atoms with Gasteiger partial charge < -0.3 is 10.1 Å². The highest BCUT2D eigenvalue weighted by Gasteiger charge is 2.38. The van der Waals surface area contributed by atoms with Crippen molar-refractivity contribution in [2.24, 2.45) is 5.41 Å². The Morgan fingerprint density at radius 2 is 2.20 bits per heavy atom. The van der Waals surface area contributed by atoms with Crippen LogP contribution in [0.4, 0.5) is 0 Å². The first-order valence-electron chi connectivity index (χ1n) is 8.13. The van der Waals surface area contributed by atoms with Gasteiger partial charge in [0.25, 0.3) is 0 Å². The van der Waals surface area contributed by atoms with Gasteiger partial charge in [0.1, 0.15) is 0 Å². The van der Waals surface area contributed by atoms with E-state index in [2.05, 4.69) is 43.4 Å². The summed E-state index contributed by atoms with van der Waals surface area (Å²) < 4.78 is 6.11. The van der Waals surface area contributed by atoms with Crippen molar-refractivity contribution in [2.45, 2.75) is 58.1 Å². The molecule has 0 amide bonds. The van der Waals surface area contributed by atoms with Gasteiger partial charge in [-0.25, -0.2) is 0 Å². The molecule has 1 aromatic rings.